The fraction of sp³-hybridized carbons (Fsp3) is 0.312. The molecule has 27 heavy (non-hydrogen) atoms. The van der Waals surface area contributed by atoms with Gasteiger partial charge in [0, 0.05) is 18.5 Å². The molecule has 0 unspecified atom stereocenters. The Balaban J connectivity index is 1.96. The number of hydrogen-bond donors (Lipinski definition) is 1. The molecule has 9 nitrogen and oxygen atoms in total. The van der Waals surface area contributed by atoms with Gasteiger partial charge in [0.1, 0.15) is 18.0 Å². The highest BCUT2D eigenvalue weighted by molar-refractivity contribution is 7.92. The van der Waals surface area contributed by atoms with Crippen LogP contribution in [0.3, 0.4) is 0 Å². The van der Waals surface area contributed by atoms with E-state index in [1.807, 2.05) is 0 Å². The Kier molecular flexibility index (Phi) is 5.24. The largest absolute Gasteiger partial charge is 0.489 e. The quantitative estimate of drug-likeness (QED) is 0.607. The molecule has 0 atom stereocenters. The second-order valence-electron chi connectivity index (χ2n) is 5.70. The first-order chi connectivity index (χ1) is 12.8. The maximum absolute atomic E-state index is 14.2. The van der Waals surface area contributed by atoms with Gasteiger partial charge in [0.25, 0.3) is 21.0 Å². The van der Waals surface area contributed by atoms with Gasteiger partial charge in [0.05, 0.1) is 6.61 Å². The molecule has 1 aromatic carbocycles. The van der Waals surface area contributed by atoms with Crippen molar-refractivity contribution in [2.45, 2.75) is 19.0 Å². The molecule has 0 saturated heterocycles. The SMILES string of the molecule is COCCOc1cccc(F)c1NS(=O)(=O)c1nc2nc(C)cc(C)n2n1. The lowest BCUT2D eigenvalue weighted by Gasteiger charge is -2.13. The topological polar surface area (TPSA) is 108 Å². The molecule has 3 rings (SSSR count). The third kappa shape index (κ3) is 3.98. The maximum atomic E-state index is 14.2. The van der Waals surface area contributed by atoms with Gasteiger partial charge in [-0.25, -0.2) is 13.9 Å². The van der Waals surface area contributed by atoms with E-state index in [1.54, 1.807) is 19.9 Å². The molecule has 0 amide bonds. The highest BCUT2D eigenvalue weighted by Crippen LogP contribution is 2.29. The van der Waals surface area contributed by atoms with Crippen LogP contribution in [0.2, 0.25) is 0 Å². The summed E-state index contributed by atoms with van der Waals surface area (Å²) in [6, 6.07) is 5.72. The van der Waals surface area contributed by atoms with Gasteiger partial charge in [0.2, 0.25) is 0 Å². The molecule has 0 aliphatic heterocycles. The Morgan fingerprint density at radius 2 is 2.00 bits per heavy atom. The molecule has 1 N–H and O–H groups in total. The molecular formula is C16H18FN5O4S. The molecule has 0 radical (unpaired) electrons. The fourth-order valence-corrected chi connectivity index (χ4v) is 3.35. The highest BCUT2D eigenvalue weighted by Gasteiger charge is 2.25. The van der Waals surface area contributed by atoms with Gasteiger partial charge >= 0.3 is 0 Å². The van der Waals surface area contributed by atoms with E-state index in [0.29, 0.717) is 11.4 Å². The number of methoxy groups -OCH3 is 1. The minimum atomic E-state index is -4.26. The average molecular weight is 395 g/mol. The molecule has 2 heterocycles. The second-order valence-corrected chi connectivity index (χ2v) is 7.28. The van der Waals surface area contributed by atoms with E-state index in [9.17, 15) is 12.8 Å². The van der Waals surface area contributed by atoms with Crippen molar-refractivity contribution in [3.05, 3.63) is 41.5 Å². The van der Waals surface area contributed by atoms with Crippen LogP contribution in [0.15, 0.2) is 29.4 Å². The van der Waals surface area contributed by atoms with Gasteiger partial charge in [-0.1, -0.05) is 6.07 Å². The van der Waals surface area contributed by atoms with Crippen LogP contribution < -0.4 is 9.46 Å². The minimum absolute atomic E-state index is 0.0320. The lowest BCUT2D eigenvalue weighted by molar-refractivity contribution is 0.146. The van der Waals surface area contributed by atoms with Crippen molar-refractivity contribution in [1.29, 1.82) is 0 Å². The predicted octanol–water partition coefficient (Wildman–Crippen LogP) is 1.71. The molecule has 11 heteroatoms. The molecule has 144 valence electrons. The molecule has 0 aliphatic rings. The predicted molar refractivity (Wildman–Crippen MR) is 94.8 cm³/mol. The number of sulfonamides is 1. The van der Waals surface area contributed by atoms with E-state index >= 15 is 0 Å². The Labute approximate surface area is 155 Å². The molecule has 0 fully saturated rings. The molecule has 0 spiro atoms. The molecule has 0 bridgehead atoms. The number of aryl methyl sites for hydroxylation is 2. The number of benzene rings is 1. The number of nitrogens with one attached hydrogen (secondary N) is 1. The summed E-state index contributed by atoms with van der Waals surface area (Å²) in [7, 11) is -2.77. The Hall–Kier alpha value is -2.79. The monoisotopic (exact) mass is 395 g/mol. The average Bonchev–Trinajstić information content (AvgIpc) is 3.03. The number of halogens is 1. The van der Waals surface area contributed by atoms with Crippen molar-refractivity contribution in [2.75, 3.05) is 25.0 Å². The van der Waals surface area contributed by atoms with Crippen LogP contribution in [0.25, 0.3) is 5.78 Å². The normalized spacial score (nSPS) is 11.7. The van der Waals surface area contributed by atoms with Crippen LogP contribution in [-0.4, -0.2) is 48.3 Å². The number of ether oxygens (including phenoxy) is 2. The number of fused-ring (bicyclic) bond motifs is 1. The zero-order chi connectivity index (χ0) is 19.6. The van der Waals surface area contributed by atoms with Crippen molar-refractivity contribution >= 4 is 21.5 Å². The zero-order valence-electron chi connectivity index (χ0n) is 14.9. The van der Waals surface area contributed by atoms with Gasteiger partial charge in [0.15, 0.2) is 5.82 Å². The summed E-state index contributed by atoms with van der Waals surface area (Å²) in [6.45, 7) is 3.90. The lowest BCUT2D eigenvalue weighted by atomic mass is 10.3. The van der Waals surface area contributed by atoms with Gasteiger partial charge in [-0.2, -0.15) is 13.4 Å². The summed E-state index contributed by atoms with van der Waals surface area (Å²) in [5.41, 5.74) is 1.02. The smallest absolute Gasteiger partial charge is 0.299 e. The Bertz CT molecular complexity index is 1080. The van der Waals surface area contributed by atoms with E-state index in [2.05, 4.69) is 19.8 Å². The number of hydrogen-bond acceptors (Lipinski definition) is 7. The summed E-state index contributed by atoms with van der Waals surface area (Å²) >= 11 is 0. The lowest BCUT2D eigenvalue weighted by Crippen LogP contribution is -2.17. The molecule has 3 aromatic rings. The summed E-state index contributed by atoms with van der Waals surface area (Å²) < 4.78 is 53.3. The standard InChI is InChI=1S/C16H18FN5O4S/c1-10-9-11(2)22-15(18-10)19-16(20-22)27(23,24)21-14-12(17)5-4-6-13(14)26-8-7-25-3/h4-6,9,21H,7-8H2,1-3H3. The summed E-state index contributed by atoms with van der Waals surface area (Å²) in [4.78, 5) is 8.09. The number of para-hydroxylation sites is 1. The molecule has 0 aliphatic carbocycles. The van der Waals surface area contributed by atoms with Crippen LogP contribution in [0, 0.1) is 19.7 Å². The maximum Gasteiger partial charge on any atom is 0.299 e. The van der Waals surface area contributed by atoms with E-state index in [1.165, 1.54) is 23.8 Å². The van der Waals surface area contributed by atoms with Crippen molar-refractivity contribution in [3.63, 3.8) is 0 Å². The van der Waals surface area contributed by atoms with E-state index in [4.69, 9.17) is 9.47 Å². The minimum Gasteiger partial charge on any atom is -0.489 e. The van der Waals surface area contributed by atoms with Gasteiger partial charge in [-0.15, -0.1) is 5.10 Å². The first-order valence-electron chi connectivity index (χ1n) is 7.96. The van der Waals surface area contributed by atoms with Crippen LogP contribution in [0.1, 0.15) is 11.4 Å². The van der Waals surface area contributed by atoms with E-state index in [-0.39, 0.29) is 30.4 Å². The summed E-state index contributed by atoms with van der Waals surface area (Å²) in [5, 5.41) is 3.45. The number of anilines is 1. The molecule has 2 aromatic heterocycles. The third-order valence-electron chi connectivity index (χ3n) is 3.60. The Morgan fingerprint density at radius 1 is 1.22 bits per heavy atom. The van der Waals surface area contributed by atoms with E-state index < -0.39 is 21.0 Å². The van der Waals surface area contributed by atoms with Crippen molar-refractivity contribution in [2.24, 2.45) is 0 Å². The molecule has 0 saturated carbocycles. The van der Waals surface area contributed by atoms with Crippen LogP contribution >= 0.6 is 0 Å². The Morgan fingerprint density at radius 3 is 2.74 bits per heavy atom. The first kappa shape index (κ1) is 19.0. The van der Waals surface area contributed by atoms with Crippen LogP contribution in [0.5, 0.6) is 5.75 Å². The van der Waals surface area contributed by atoms with E-state index in [0.717, 1.165) is 6.07 Å². The zero-order valence-corrected chi connectivity index (χ0v) is 15.7. The van der Waals surface area contributed by atoms with Crippen molar-refractivity contribution in [3.8, 4) is 5.75 Å². The number of aromatic nitrogens is 4. The molecular weight excluding hydrogens is 377 g/mol. The van der Waals surface area contributed by atoms with Gasteiger partial charge < -0.3 is 9.47 Å². The number of nitrogens with zero attached hydrogens (tertiary/aromatic N) is 4. The van der Waals surface area contributed by atoms with Gasteiger partial charge in [-0.3, -0.25) is 4.72 Å². The van der Waals surface area contributed by atoms with Crippen molar-refractivity contribution in [1.82, 2.24) is 19.6 Å². The third-order valence-corrected chi connectivity index (χ3v) is 4.72. The van der Waals surface area contributed by atoms with Crippen LogP contribution in [0.4, 0.5) is 10.1 Å². The van der Waals surface area contributed by atoms with Gasteiger partial charge in [-0.05, 0) is 32.0 Å². The highest BCUT2D eigenvalue weighted by atomic mass is 32.2. The first-order valence-corrected chi connectivity index (χ1v) is 9.44. The summed E-state index contributed by atoms with van der Waals surface area (Å²) in [6.07, 6.45) is 0. The van der Waals surface area contributed by atoms with Crippen LogP contribution in [-0.2, 0) is 14.8 Å². The number of rotatable bonds is 7. The summed E-state index contributed by atoms with van der Waals surface area (Å²) in [5.74, 6) is -0.620. The second kappa shape index (κ2) is 7.45. The fourth-order valence-electron chi connectivity index (χ4n) is 2.40. The van der Waals surface area contributed by atoms with Crippen molar-refractivity contribution < 1.29 is 22.3 Å².